The first-order valence-electron chi connectivity index (χ1n) is 6.05. The number of nitrogens with zero attached hydrogens (tertiary/aromatic N) is 6. The van der Waals surface area contributed by atoms with E-state index in [1.807, 2.05) is 11.4 Å². The van der Waals surface area contributed by atoms with Gasteiger partial charge in [0.2, 0.25) is 0 Å². The molecule has 0 unspecified atom stereocenters. The van der Waals surface area contributed by atoms with Crippen LogP contribution in [-0.2, 0) is 13.0 Å². The zero-order valence-corrected chi connectivity index (χ0v) is 11.8. The molecule has 6 nitrogen and oxygen atoms in total. The van der Waals surface area contributed by atoms with E-state index in [0.717, 1.165) is 21.7 Å². The van der Waals surface area contributed by atoms with Crippen LogP contribution in [0.4, 0.5) is 0 Å². The fraction of sp³-hybridized carbons (Fsp3) is 0.167. The minimum atomic E-state index is 0.636. The Morgan fingerprint density at radius 2 is 2.30 bits per heavy atom. The largest absolute Gasteiger partial charge is 0.271 e. The molecule has 0 aromatic carbocycles. The molecule has 0 saturated heterocycles. The third kappa shape index (κ3) is 1.95. The smallest absolute Gasteiger partial charge is 0.167 e. The van der Waals surface area contributed by atoms with Crippen LogP contribution in [0.1, 0.15) is 5.82 Å². The van der Waals surface area contributed by atoms with Gasteiger partial charge in [-0.3, -0.25) is 4.68 Å². The van der Waals surface area contributed by atoms with E-state index in [9.17, 15) is 0 Å². The summed E-state index contributed by atoms with van der Waals surface area (Å²) in [6.45, 7) is 0.698. The quantitative estimate of drug-likeness (QED) is 0.583. The number of aryl methyl sites for hydroxylation is 2. The van der Waals surface area contributed by atoms with Crippen molar-refractivity contribution in [1.82, 2.24) is 29.4 Å². The predicted molar refractivity (Wildman–Crippen MR) is 77.1 cm³/mol. The summed E-state index contributed by atoms with van der Waals surface area (Å²) in [7, 11) is 0. The number of aromatic nitrogens is 6. The summed E-state index contributed by atoms with van der Waals surface area (Å²) in [5, 5.41) is 12.3. The number of hydrogen-bond acceptors (Lipinski definition) is 5. The fourth-order valence-electron chi connectivity index (χ4n) is 2.09. The van der Waals surface area contributed by atoms with Gasteiger partial charge in [0.25, 0.3) is 0 Å². The van der Waals surface area contributed by atoms with Gasteiger partial charge in [-0.05, 0) is 11.4 Å². The first-order chi connectivity index (χ1) is 9.79. The minimum absolute atomic E-state index is 0.636. The molecule has 0 fully saturated rings. The molecule has 0 atom stereocenters. The summed E-state index contributed by atoms with van der Waals surface area (Å²) in [6, 6.07) is 2.02. The minimum Gasteiger partial charge on any atom is -0.271 e. The Kier molecular flexibility index (Phi) is 2.68. The molecule has 0 spiro atoms. The van der Waals surface area contributed by atoms with Crippen molar-refractivity contribution in [3.63, 3.8) is 0 Å². The highest BCUT2D eigenvalue weighted by molar-refractivity contribution is 7.16. The lowest BCUT2D eigenvalue weighted by atomic mass is 10.4. The van der Waals surface area contributed by atoms with Crippen molar-refractivity contribution in [2.24, 2.45) is 0 Å². The average Bonchev–Trinajstić information content (AvgIpc) is 3.13. The topological polar surface area (TPSA) is 60.9 Å². The molecule has 0 amide bonds. The third-order valence-corrected chi connectivity index (χ3v) is 4.03. The Balaban J connectivity index is 1.66. The summed E-state index contributed by atoms with van der Waals surface area (Å²) in [4.78, 5) is 9.91. The number of halogens is 1. The molecular formula is C12H9ClN6S. The maximum atomic E-state index is 5.83. The van der Waals surface area contributed by atoms with Crippen molar-refractivity contribution in [3.05, 3.63) is 41.0 Å². The van der Waals surface area contributed by atoms with Crippen LogP contribution in [0.25, 0.3) is 15.9 Å². The first-order valence-corrected chi connectivity index (χ1v) is 7.31. The molecule has 4 heterocycles. The van der Waals surface area contributed by atoms with Gasteiger partial charge in [-0.1, -0.05) is 11.6 Å². The molecular weight excluding hydrogens is 296 g/mol. The molecule has 100 valence electrons. The second kappa shape index (κ2) is 4.53. The maximum absolute atomic E-state index is 5.83. The molecule has 4 aromatic heterocycles. The molecule has 4 aromatic rings. The van der Waals surface area contributed by atoms with Crippen LogP contribution in [0.3, 0.4) is 0 Å². The molecule has 0 aliphatic heterocycles. The van der Waals surface area contributed by atoms with Gasteiger partial charge < -0.3 is 0 Å². The van der Waals surface area contributed by atoms with Crippen LogP contribution in [0.2, 0.25) is 5.02 Å². The van der Waals surface area contributed by atoms with Crippen LogP contribution in [0, 0.1) is 0 Å². The van der Waals surface area contributed by atoms with Gasteiger partial charge in [-0.15, -0.1) is 16.4 Å². The zero-order valence-electron chi connectivity index (χ0n) is 10.3. The molecule has 0 saturated carbocycles. The van der Waals surface area contributed by atoms with E-state index in [4.69, 9.17) is 11.6 Å². The number of rotatable bonds is 3. The predicted octanol–water partition coefficient (Wildman–Crippen LogP) is 2.43. The lowest BCUT2D eigenvalue weighted by molar-refractivity contribution is 0.600. The van der Waals surface area contributed by atoms with Crippen molar-refractivity contribution in [2.75, 3.05) is 0 Å². The SMILES string of the molecule is Clc1cnn(CCc2nc3c4ccsc4ncn3n2)c1. The summed E-state index contributed by atoms with van der Waals surface area (Å²) in [5.74, 6) is 0.775. The number of thiophene rings is 1. The van der Waals surface area contributed by atoms with Crippen molar-refractivity contribution < 1.29 is 0 Å². The first kappa shape index (κ1) is 11.8. The molecule has 0 radical (unpaired) electrons. The van der Waals surface area contributed by atoms with Crippen LogP contribution >= 0.6 is 22.9 Å². The van der Waals surface area contributed by atoms with Crippen molar-refractivity contribution >= 4 is 38.8 Å². The number of fused-ring (bicyclic) bond motifs is 3. The summed E-state index contributed by atoms with van der Waals surface area (Å²) >= 11 is 7.44. The van der Waals surface area contributed by atoms with E-state index < -0.39 is 0 Å². The van der Waals surface area contributed by atoms with Crippen LogP contribution in [-0.4, -0.2) is 29.4 Å². The Labute approximate surface area is 122 Å². The second-order valence-electron chi connectivity index (χ2n) is 4.35. The van der Waals surface area contributed by atoms with Gasteiger partial charge >= 0.3 is 0 Å². The van der Waals surface area contributed by atoms with Gasteiger partial charge in [-0.2, -0.15) is 5.10 Å². The van der Waals surface area contributed by atoms with E-state index in [0.29, 0.717) is 18.0 Å². The Morgan fingerprint density at radius 3 is 3.15 bits per heavy atom. The zero-order chi connectivity index (χ0) is 13.5. The van der Waals surface area contributed by atoms with Crippen LogP contribution < -0.4 is 0 Å². The van der Waals surface area contributed by atoms with Gasteiger partial charge in [-0.25, -0.2) is 14.5 Å². The van der Waals surface area contributed by atoms with E-state index in [1.165, 1.54) is 0 Å². The van der Waals surface area contributed by atoms with E-state index in [1.54, 1.807) is 39.3 Å². The highest BCUT2D eigenvalue weighted by Crippen LogP contribution is 2.21. The van der Waals surface area contributed by atoms with Crippen molar-refractivity contribution in [1.29, 1.82) is 0 Å². The summed E-state index contributed by atoms with van der Waals surface area (Å²) in [6.07, 6.45) is 5.81. The van der Waals surface area contributed by atoms with Gasteiger partial charge in [0.1, 0.15) is 11.2 Å². The van der Waals surface area contributed by atoms with E-state index in [2.05, 4.69) is 20.2 Å². The Morgan fingerprint density at radius 1 is 1.35 bits per heavy atom. The van der Waals surface area contributed by atoms with E-state index >= 15 is 0 Å². The number of hydrogen-bond donors (Lipinski definition) is 0. The van der Waals surface area contributed by atoms with Gasteiger partial charge in [0.15, 0.2) is 11.5 Å². The van der Waals surface area contributed by atoms with Crippen molar-refractivity contribution in [2.45, 2.75) is 13.0 Å². The Hall–Kier alpha value is -1.99. The lowest BCUT2D eigenvalue weighted by Gasteiger charge is -1.96. The lowest BCUT2D eigenvalue weighted by Crippen LogP contribution is -2.02. The Bertz CT molecular complexity index is 892. The third-order valence-electron chi connectivity index (χ3n) is 3.01. The van der Waals surface area contributed by atoms with Gasteiger partial charge in [0.05, 0.1) is 16.6 Å². The maximum Gasteiger partial charge on any atom is 0.167 e. The molecule has 0 aliphatic carbocycles. The van der Waals surface area contributed by atoms with E-state index in [-0.39, 0.29) is 0 Å². The molecule has 0 aliphatic rings. The molecule has 0 bridgehead atoms. The second-order valence-corrected chi connectivity index (χ2v) is 5.68. The summed E-state index contributed by atoms with van der Waals surface area (Å²) < 4.78 is 3.51. The normalized spacial score (nSPS) is 11.7. The van der Waals surface area contributed by atoms with Crippen molar-refractivity contribution in [3.8, 4) is 0 Å². The van der Waals surface area contributed by atoms with Gasteiger partial charge in [0, 0.05) is 19.2 Å². The molecule has 20 heavy (non-hydrogen) atoms. The van der Waals surface area contributed by atoms with Crippen LogP contribution in [0.5, 0.6) is 0 Å². The highest BCUT2D eigenvalue weighted by Gasteiger charge is 2.09. The molecule has 8 heteroatoms. The monoisotopic (exact) mass is 304 g/mol. The average molecular weight is 305 g/mol. The van der Waals surface area contributed by atoms with Crippen LogP contribution in [0.15, 0.2) is 30.2 Å². The standard InChI is InChI=1S/C12H9ClN6S/c13-8-5-15-18(6-8)3-1-10-16-11-9-2-4-20-12(9)14-7-19(11)17-10/h2,4-7H,1,3H2. The summed E-state index contributed by atoms with van der Waals surface area (Å²) in [5.41, 5.74) is 0.852. The highest BCUT2D eigenvalue weighted by atomic mass is 35.5. The fourth-order valence-corrected chi connectivity index (χ4v) is 2.97. The molecule has 0 N–H and O–H groups in total. The molecule has 4 rings (SSSR count).